The van der Waals surface area contributed by atoms with Gasteiger partial charge in [0.05, 0.1) is 62.9 Å². The van der Waals surface area contributed by atoms with E-state index >= 15 is 9.59 Å². The summed E-state index contributed by atoms with van der Waals surface area (Å²) in [4.78, 5) is 58.5. The molecule has 2 aliphatic carbocycles. The van der Waals surface area contributed by atoms with Crippen molar-refractivity contribution in [2.75, 3.05) is 51.1 Å². The Balaban J connectivity index is 1.05. The highest BCUT2D eigenvalue weighted by Gasteiger charge is 2.58. The Morgan fingerprint density at radius 1 is 0.900 bits per heavy atom. The number of aldehydes is 1. The number of aliphatic hydroxyl groups excluding tert-OH is 5. The van der Waals surface area contributed by atoms with Gasteiger partial charge in [0.1, 0.15) is 55.5 Å². The Bertz CT molecular complexity index is 3570. The number of aliphatic hydroxyl groups is 6. The number of carbonyl (C=O) groups excluding carboxylic acids is 4. The van der Waals surface area contributed by atoms with E-state index in [1.165, 1.54) is 12.1 Å². The summed E-state index contributed by atoms with van der Waals surface area (Å²) < 4.78 is 34.8. The predicted octanol–water partition coefficient (Wildman–Crippen LogP) is 0.448. The van der Waals surface area contributed by atoms with Gasteiger partial charge in [-0.15, -0.1) is 0 Å². The number of nitrogens with one attached hydrogen (secondary N) is 5. The lowest BCUT2D eigenvalue weighted by molar-refractivity contribution is -0.310. The highest BCUT2D eigenvalue weighted by Crippen LogP contribution is 2.53. The second-order valence-corrected chi connectivity index (χ2v) is 25.2. The molecule has 90 heavy (non-hydrogen) atoms. The minimum absolute atomic E-state index is 0.0356. The molecule has 4 aromatic carbocycles. The van der Waals surface area contributed by atoms with Crippen molar-refractivity contribution in [2.24, 2.45) is 29.2 Å². The molecule has 1 amide bonds. The number of nitrogens with two attached hydrogens (primary N) is 2. The van der Waals surface area contributed by atoms with Gasteiger partial charge >= 0.3 is 0 Å². The molecular weight excluding hydrogens is 1160 g/mol. The van der Waals surface area contributed by atoms with E-state index in [1.807, 2.05) is 59.5 Å². The first-order valence-electron chi connectivity index (χ1n) is 31.3. The van der Waals surface area contributed by atoms with Crippen LogP contribution in [-0.4, -0.2) is 174 Å². The first-order valence-corrected chi connectivity index (χ1v) is 31.3. The molecule has 0 radical (unpaired) electrons. The van der Waals surface area contributed by atoms with Gasteiger partial charge in [0, 0.05) is 70.9 Å². The number of fused-ring (bicyclic) bond motifs is 13. The number of hydrogen-bond donors (Lipinski definition) is 13. The van der Waals surface area contributed by atoms with E-state index in [9.17, 15) is 40.2 Å². The summed E-state index contributed by atoms with van der Waals surface area (Å²) in [6.07, 6.45) is -5.60. The number of amides is 1. The van der Waals surface area contributed by atoms with Crippen LogP contribution in [0, 0.1) is 29.6 Å². The van der Waals surface area contributed by atoms with E-state index in [4.69, 9.17) is 35.2 Å². The lowest BCUT2D eigenvalue weighted by Crippen LogP contribution is -2.70. The summed E-state index contributed by atoms with van der Waals surface area (Å²) in [5.41, 5.74) is 15.0. The van der Waals surface area contributed by atoms with Crippen molar-refractivity contribution in [3.63, 3.8) is 0 Å². The Morgan fingerprint density at radius 2 is 1.71 bits per heavy atom. The van der Waals surface area contributed by atoms with Crippen molar-refractivity contribution in [2.45, 2.75) is 143 Å². The van der Waals surface area contributed by atoms with Crippen LogP contribution in [0.15, 0.2) is 95.8 Å². The van der Waals surface area contributed by atoms with E-state index in [0.29, 0.717) is 47.6 Å². The number of rotatable bonds is 12. The summed E-state index contributed by atoms with van der Waals surface area (Å²) in [6.45, 7) is -1.07. The van der Waals surface area contributed by atoms with E-state index in [1.54, 1.807) is 12.1 Å². The summed E-state index contributed by atoms with van der Waals surface area (Å²) in [5.74, 6) is 1.00. The maximum atomic E-state index is 15.5. The van der Waals surface area contributed by atoms with E-state index < -0.39 is 115 Å². The van der Waals surface area contributed by atoms with Gasteiger partial charge in [-0.2, -0.15) is 0 Å². The summed E-state index contributed by atoms with van der Waals surface area (Å²) in [7, 11) is 0. The smallest absolute Gasteiger partial charge is 0.242 e. The first-order chi connectivity index (χ1) is 43.6. The average Bonchev–Trinajstić information content (AvgIpc) is 0.929. The molecule has 23 heteroatoms. The zero-order chi connectivity index (χ0) is 62.5. The van der Waals surface area contributed by atoms with Crippen molar-refractivity contribution in [1.29, 1.82) is 0 Å². The first kappa shape index (κ1) is 61.7. The molecule has 8 bridgehead atoms. The molecule has 4 fully saturated rings. The van der Waals surface area contributed by atoms with Crippen LogP contribution in [0.2, 0.25) is 0 Å². The van der Waals surface area contributed by atoms with Crippen molar-refractivity contribution >= 4 is 29.4 Å². The number of para-hydroxylation sites is 1. The highest BCUT2D eigenvalue weighted by atomic mass is 16.7. The molecule has 476 valence electrons. The molecule has 9 aliphatic rings. The quantitative estimate of drug-likeness (QED) is 0.0596. The van der Waals surface area contributed by atoms with Gasteiger partial charge in [0.15, 0.2) is 28.7 Å². The van der Waals surface area contributed by atoms with Gasteiger partial charge in [-0.1, -0.05) is 79.3 Å². The second kappa shape index (κ2) is 25.9. The van der Waals surface area contributed by atoms with E-state index in [0.717, 1.165) is 42.4 Å². The third-order valence-corrected chi connectivity index (χ3v) is 19.6. The zero-order valence-corrected chi connectivity index (χ0v) is 49.7. The molecule has 3 saturated heterocycles. The molecule has 1 saturated carbocycles. The fraction of sp³-hybridized carbons (Fsp3) is 0.493. The number of nitrogens with zero attached hydrogens (tertiary/aromatic N) is 1. The Morgan fingerprint density at radius 3 is 2.52 bits per heavy atom. The van der Waals surface area contributed by atoms with Gasteiger partial charge in [0.25, 0.3) is 0 Å². The monoisotopic (exact) mass is 1230 g/mol. The van der Waals surface area contributed by atoms with Gasteiger partial charge in [-0.3, -0.25) is 30.8 Å². The number of ketones is 2. The number of anilines is 1. The van der Waals surface area contributed by atoms with E-state index in [-0.39, 0.29) is 110 Å². The van der Waals surface area contributed by atoms with Crippen molar-refractivity contribution in [1.82, 2.24) is 26.6 Å². The fourth-order valence-electron chi connectivity index (χ4n) is 14.8. The number of carbonyl (C=O) groups is 4. The number of dihydropyridines is 1. The standard InChI is InChI=1S/C67H78N8O15/c68-62-47(27-71-39-8-1-2-9-39)41(17-20-70-62)48-31-88-60-61(83)67(85)19-16-37(23-34-6-5-7-35(22-34)25-51(48)80)50(79)15-13-38-29-86-32-52(67)89-65(60)90-58-46(53(38)43-10-3-4-11-49(43)75-33-72-55-63(75)73-66(69)74-64(55)84)26-45-54(59(58)87-30-40(78)18-21-76)57(82)44-24-36(28-77)12-14-42(44)56(45)81/h3-7,10-12,14,17,21-22,24,26,37-40,48,50-53,55,60-61,63,65-66,70-73,77-80,83,85H,1-2,8-9,13,15,18,20,23,25,27-33,68-69H2,(H,74,84)/t37-,38-,40-,48-,50-,51-,52+,53+,55+,60+,61+,63+,65-,66+,67+/m1/s1. The van der Waals surface area contributed by atoms with Crippen LogP contribution in [0.4, 0.5) is 5.69 Å². The topological polar surface area (TPSA) is 351 Å². The van der Waals surface area contributed by atoms with Crippen LogP contribution in [-0.2, 0) is 43.2 Å². The third-order valence-electron chi connectivity index (χ3n) is 19.6. The fourth-order valence-corrected chi connectivity index (χ4v) is 14.8. The van der Waals surface area contributed by atoms with Crippen LogP contribution in [0.25, 0.3) is 0 Å². The highest BCUT2D eigenvalue weighted by molar-refractivity contribution is 6.29. The molecule has 13 rings (SSSR count). The van der Waals surface area contributed by atoms with Crippen LogP contribution < -0.4 is 52.4 Å². The molecule has 15 N–H and O–H groups in total. The van der Waals surface area contributed by atoms with Gasteiger partial charge < -0.3 is 85.7 Å². The van der Waals surface area contributed by atoms with Crippen molar-refractivity contribution in [3.05, 3.63) is 146 Å². The van der Waals surface area contributed by atoms with Crippen LogP contribution in [0.5, 0.6) is 11.5 Å². The van der Waals surface area contributed by atoms with E-state index in [2.05, 4.69) is 38.4 Å². The van der Waals surface area contributed by atoms with Crippen molar-refractivity contribution in [3.8, 4) is 23.3 Å². The van der Waals surface area contributed by atoms with Gasteiger partial charge in [0.2, 0.25) is 12.2 Å². The predicted molar refractivity (Wildman–Crippen MR) is 325 cm³/mol. The second-order valence-electron chi connectivity index (χ2n) is 25.2. The number of benzene rings is 4. The normalized spacial score (nSPS) is 32.1. The summed E-state index contributed by atoms with van der Waals surface area (Å²) in [6, 6.07) is 20.7. The van der Waals surface area contributed by atoms with Crippen molar-refractivity contribution < 1.29 is 73.5 Å². The summed E-state index contributed by atoms with van der Waals surface area (Å²) in [5, 5.41) is 90.3. The third kappa shape index (κ3) is 11.7. The largest absolute Gasteiger partial charge is 0.486 e. The Hall–Kier alpha value is -7.12. The average molecular weight is 1240 g/mol. The van der Waals surface area contributed by atoms with Gasteiger partial charge in [-0.25, -0.2) is 0 Å². The maximum Gasteiger partial charge on any atom is 0.242 e. The lowest BCUT2D eigenvalue weighted by Gasteiger charge is -2.47. The molecule has 15 atom stereocenters. The number of hydrogen-bond acceptors (Lipinski definition) is 22. The molecule has 0 unspecified atom stereocenters. The molecule has 4 aromatic rings. The Kier molecular flexibility index (Phi) is 17.7. The van der Waals surface area contributed by atoms with Crippen LogP contribution in [0.3, 0.4) is 0 Å². The Labute approximate surface area is 520 Å². The van der Waals surface area contributed by atoms with Crippen LogP contribution in [0.1, 0.15) is 111 Å². The molecule has 7 heterocycles. The molecule has 0 aromatic heterocycles. The zero-order valence-electron chi connectivity index (χ0n) is 49.7. The van der Waals surface area contributed by atoms with Gasteiger partial charge in [-0.05, 0) is 96.5 Å². The number of ether oxygens (including phenoxy) is 5. The lowest BCUT2D eigenvalue weighted by atomic mass is 9.74. The molecule has 0 spiro atoms. The summed E-state index contributed by atoms with van der Waals surface area (Å²) >= 11 is 0. The maximum absolute atomic E-state index is 15.5. The SMILES string of the molecule is NC1=C(CNC2CCCC2)C([C@H]2CO[C@@H]3[C@H]4Oc5c(cc6c(c5OC[C@H](O)CC=O)C(=O)c5cc(CO)ccc5C6=O)[C@H](c5ccccc5N5CN[C@@H]6C(=O)N[C@@H](N)N[C@H]65)[C@@H]5CC[C@@H](O)[C@H](C#C[C@](O)([C@H](COC5)O4)[C@H]3O)Cc3cccc(c3)C[C@H]2O)=CCN1. The molecular formula is C67H78N8O15. The minimum Gasteiger partial charge on any atom is -0.486 e. The molecule has 7 aliphatic heterocycles. The van der Waals surface area contributed by atoms with Crippen LogP contribution >= 0.6 is 0 Å². The molecule has 23 nitrogen and oxygen atoms in total. The minimum atomic E-state index is -2.52.